The van der Waals surface area contributed by atoms with E-state index in [2.05, 4.69) is 0 Å². The quantitative estimate of drug-likeness (QED) is 0.475. The van der Waals surface area contributed by atoms with Crippen LogP contribution in [-0.4, -0.2) is 31.6 Å². The molecule has 0 aliphatic carbocycles. The van der Waals surface area contributed by atoms with E-state index in [0.717, 1.165) is 11.6 Å². The van der Waals surface area contributed by atoms with Crippen LogP contribution in [0.5, 0.6) is 11.5 Å². The summed E-state index contributed by atoms with van der Waals surface area (Å²) in [7, 11) is 0. The Morgan fingerprint density at radius 2 is 1.88 bits per heavy atom. The van der Waals surface area contributed by atoms with Gasteiger partial charge in [0.05, 0.1) is 0 Å². The molecule has 0 saturated heterocycles. The highest BCUT2D eigenvalue weighted by Crippen LogP contribution is 2.31. The van der Waals surface area contributed by atoms with Crippen molar-refractivity contribution in [1.29, 1.82) is 0 Å². The predicted molar refractivity (Wildman–Crippen MR) is 88.2 cm³/mol. The Morgan fingerprint density at radius 3 is 2.68 bits per heavy atom. The molecule has 0 radical (unpaired) electrons. The Bertz CT molecular complexity index is 828. The maximum absolute atomic E-state index is 13.1. The first-order valence-electron chi connectivity index (χ1n) is 7.65. The molecular formula is C19H15FO5. The van der Waals surface area contributed by atoms with Gasteiger partial charge in [0.1, 0.15) is 19.0 Å². The molecule has 128 valence electrons. The van der Waals surface area contributed by atoms with Gasteiger partial charge in [0.25, 0.3) is 0 Å². The van der Waals surface area contributed by atoms with E-state index in [4.69, 9.17) is 14.2 Å². The maximum Gasteiger partial charge on any atom is 0.331 e. The van der Waals surface area contributed by atoms with E-state index in [-0.39, 0.29) is 5.56 Å². The number of esters is 1. The summed E-state index contributed by atoms with van der Waals surface area (Å²) in [6.07, 6.45) is 2.76. The Hall–Kier alpha value is -3.15. The highest BCUT2D eigenvalue weighted by molar-refractivity contribution is 5.98. The van der Waals surface area contributed by atoms with Crippen LogP contribution >= 0.6 is 0 Å². The largest absolute Gasteiger partial charge is 0.486 e. The zero-order valence-electron chi connectivity index (χ0n) is 13.2. The molecule has 1 aliphatic rings. The summed E-state index contributed by atoms with van der Waals surface area (Å²) >= 11 is 0. The highest BCUT2D eigenvalue weighted by atomic mass is 19.1. The second-order valence-corrected chi connectivity index (χ2v) is 5.28. The van der Waals surface area contributed by atoms with Crippen LogP contribution in [0.2, 0.25) is 0 Å². The van der Waals surface area contributed by atoms with Crippen molar-refractivity contribution in [3.05, 3.63) is 65.5 Å². The van der Waals surface area contributed by atoms with Gasteiger partial charge < -0.3 is 14.2 Å². The average molecular weight is 342 g/mol. The highest BCUT2D eigenvalue weighted by Gasteiger charge is 2.11. The van der Waals surface area contributed by atoms with E-state index >= 15 is 0 Å². The van der Waals surface area contributed by atoms with Crippen LogP contribution in [0.25, 0.3) is 6.08 Å². The number of Topliss-reactive ketones (excluding diaryl/α,β-unsaturated/α-hetero) is 1. The second kappa shape index (κ2) is 7.61. The van der Waals surface area contributed by atoms with E-state index in [1.807, 2.05) is 0 Å². The molecule has 0 saturated carbocycles. The summed E-state index contributed by atoms with van der Waals surface area (Å²) in [4.78, 5) is 23.6. The number of carbonyl (C=O) groups excluding carboxylic acids is 2. The molecule has 6 heteroatoms. The van der Waals surface area contributed by atoms with E-state index < -0.39 is 24.2 Å². The lowest BCUT2D eigenvalue weighted by Crippen LogP contribution is -2.15. The molecule has 0 unspecified atom stereocenters. The molecule has 0 amide bonds. The number of hydrogen-bond donors (Lipinski definition) is 0. The SMILES string of the molecule is O=C(/C=C/c1ccc2c(c1)OCCO2)OCC(=O)c1cccc(F)c1. The molecular weight excluding hydrogens is 327 g/mol. The molecule has 0 spiro atoms. The smallest absolute Gasteiger partial charge is 0.331 e. The summed E-state index contributed by atoms with van der Waals surface area (Å²) in [6, 6.07) is 10.5. The Morgan fingerprint density at radius 1 is 1.08 bits per heavy atom. The second-order valence-electron chi connectivity index (χ2n) is 5.28. The number of fused-ring (bicyclic) bond motifs is 1. The van der Waals surface area contributed by atoms with Crippen molar-refractivity contribution in [3.63, 3.8) is 0 Å². The normalized spacial score (nSPS) is 12.8. The van der Waals surface area contributed by atoms with Gasteiger partial charge in [-0.2, -0.15) is 0 Å². The molecule has 1 aliphatic heterocycles. The standard InChI is InChI=1S/C19H15FO5/c20-15-3-1-2-14(11-15)16(21)12-25-19(22)7-5-13-4-6-17-18(10-13)24-9-8-23-17/h1-7,10-11H,8-9,12H2/b7-5+. The zero-order chi connectivity index (χ0) is 17.6. The monoisotopic (exact) mass is 342 g/mol. The Labute approximate surface area is 143 Å². The first-order chi connectivity index (χ1) is 12.1. The van der Waals surface area contributed by atoms with Crippen molar-refractivity contribution in [2.24, 2.45) is 0 Å². The van der Waals surface area contributed by atoms with E-state index in [1.165, 1.54) is 24.3 Å². The first-order valence-corrected chi connectivity index (χ1v) is 7.65. The van der Waals surface area contributed by atoms with Crippen molar-refractivity contribution >= 4 is 17.8 Å². The number of ketones is 1. The molecule has 1 heterocycles. The van der Waals surface area contributed by atoms with Crippen molar-refractivity contribution < 1.29 is 28.2 Å². The topological polar surface area (TPSA) is 61.8 Å². The third-order valence-electron chi connectivity index (χ3n) is 3.47. The van der Waals surface area contributed by atoms with Crippen molar-refractivity contribution in [2.75, 3.05) is 19.8 Å². The van der Waals surface area contributed by atoms with Gasteiger partial charge in [0.15, 0.2) is 23.9 Å². The summed E-state index contributed by atoms with van der Waals surface area (Å²) < 4.78 is 28.8. The van der Waals surface area contributed by atoms with E-state index in [1.54, 1.807) is 24.3 Å². The molecule has 0 bridgehead atoms. The fraction of sp³-hybridized carbons (Fsp3) is 0.158. The van der Waals surface area contributed by atoms with Crippen molar-refractivity contribution in [3.8, 4) is 11.5 Å². The van der Waals surface area contributed by atoms with E-state index in [0.29, 0.717) is 24.7 Å². The van der Waals surface area contributed by atoms with Crippen LogP contribution in [0, 0.1) is 5.82 Å². The Balaban J connectivity index is 1.55. The predicted octanol–water partition coefficient (Wildman–Crippen LogP) is 3.04. The fourth-order valence-electron chi connectivity index (χ4n) is 2.26. The van der Waals surface area contributed by atoms with Gasteiger partial charge in [-0.1, -0.05) is 18.2 Å². The van der Waals surface area contributed by atoms with Crippen LogP contribution in [0.15, 0.2) is 48.5 Å². The van der Waals surface area contributed by atoms with Gasteiger partial charge in [-0.05, 0) is 35.9 Å². The molecule has 2 aromatic rings. The third kappa shape index (κ3) is 4.44. The van der Waals surface area contributed by atoms with Gasteiger partial charge in [-0.3, -0.25) is 4.79 Å². The number of halogens is 1. The molecule has 0 atom stereocenters. The lowest BCUT2D eigenvalue weighted by Gasteiger charge is -2.18. The molecule has 0 aromatic heterocycles. The number of rotatable bonds is 5. The Kier molecular flexibility index (Phi) is 5.09. The molecule has 2 aromatic carbocycles. The summed E-state index contributed by atoms with van der Waals surface area (Å²) in [6.45, 7) is 0.534. The number of hydrogen-bond acceptors (Lipinski definition) is 5. The van der Waals surface area contributed by atoms with Crippen LogP contribution in [-0.2, 0) is 9.53 Å². The minimum absolute atomic E-state index is 0.156. The molecule has 5 nitrogen and oxygen atoms in total. The fourth-order valence-corrected chi connectivity index (χ4v) is 2.26. The van der Waals surface area contributed by atoms with Gasteiger partial charge in [0, 0.05) is 11.6 Å². The van der Waals surface area contributed by atoms with Crippen molar-refractivity contribution in [1.82, 2.24) is 0 Å². The van der Waals surface area contributed by atoms with E-state index in [9.17, 15) is 14.0 Å². The van der Waals surface area contributed by atoms with Crippen LogP contribution in [0.4, 0.5) is 4.39 Å². The zero-order valence-corrected chi connectivity index (χ0v) is 13.2. The average Bonchev–Trinajstić information content (AvgIpc) is 2.64. The lowest BCUT2D eigenvalue weighted by atomic mass is 10.1. The number of carbonyl (C=O) groups is 2. The number of benzene rings is 2. The maximum atomic E-state index is 13.1. The molecule has 3 rings (SSSR count). The molecule has 0 fully saturated rings. The van der Waals surface area contributed by atoms with Gasteiger partial charge >= 0.3 is 5.97 Å². The minimum Gasteiger partial charge on any atom is -0.486 e. The van der Waals surface area contributed by atoms with Crippen molar-refractivity contribution in [2.45, 2.75) is 0 Å². The van der Waals surface area contributed by atoms with Crippen LogP contribution < -0.4 is 9.47 Å². The van der Waals surface area contributed by atoms with Gasteiger partial charge in [0.2, 0.25) is 0 Å². The van der Waals surface area contributed by atoms with Gasteiger partial charge in [-0.15, -0.1) is 0 Å². The number of ether oxygens (including phenoxy) is 3. The van der Waals surface area contributed by atoms with Crippen LogP contribution in [0.1, 0.15) is 15.9 Å². The van der Waals surface area contributed by atoms with Crippen LogP contribution in [0.3, 0.4) is 0 Å². The summed E-state index contributed by atoms with van der Waals surface area (Å²) in [5.41, 5.74) is 0.890. The first kappa shape index (κ1) is 16.7. The van der Waals surface area contributed by atoms with Gasteiger partial charge in [-0.25, -0.2) is 9.18 Å². The summed E-state index contributed by atoms with van der Waals surface area (Å²) in [5.74, 6) is -0.384. The molecule has 25 heavy (non-hydrogen) atoms. The molecule has 0 N–H and O–H groups in total. The third-order valence-corrected chi connectivity index (χ3v) is 3.47. The summed E-state index contributed by atoms with van der Waals surface area (Å²) in [5, 5.41) is 0. The minimum atomic E-state index is -0.667. The lowest BCUT2D eigenvalue weighted by molar-refractivity contribution is -0.136.